The van der Waals surface area contributed by atoms with Crippen LogP contribution in [-0.2, 0) is 11.2 Å². The van der Waals surface area contributed by atoms with Crippen molar-refractivity contribution in [3.05, 3.63) is 38.6 Å². The molecule has 12 heteroatoms. The maximum atomic E-state index is 14.4. The number of amides is 2. The Balaban J connectivity index is 1.83. The molecule has 0 spiro atoms. The third-order valence-electron chi connectivity index (χ3n) is 3.99. The molecule has 1 aromatic carbocycles. The maximum absolute atomic E-state index is 14.4. The molecule has 0 unspecified atom stereocenters. The molecular weight excluding hydrogens is 469 g/mol. The molecule has 1 saturated heterocycles. The Morgan fingerprint density at radius 1 is 1.41 bits per heavy atom. The van der Waals surface area contributed by atoms with Gasteiger partial charge >= 0.3 is 0 Å². The van der Waals surface area contributed by atoms with E-state index in [1.165, 1.54) is 25.4 Å². The van der Waals surface area contributed by atoms with Gasteiger partial charge in [0.2, 0.25) is 5.95 Å². The third kappa shape index (κ3) is 4.27. The van der Waals surface area contributed by atoms with Crippen LogP contribution in [0.5, 0.6) is 11.5 Å². The summed E-state index contributed by atoms with van der Waals surface area (Å²) >= 11 is 3.78. The molecule has 1 aliphatic rings. The zero-order chi connectivity index (χ0) is 21.3. The van der Waals surface area contributed by atoms with Gasteiger partial charge in [-0.3, -0.25) is 14.5 Å². The SMILES string of the molecule is CN1C(=O)S/C(=C\c2cc(OCCc3cnc(N)nc3N)c(O)c(F)c2Br)C1=O. The summed E-state index contributed by atoms with van der Waals surface area (Å²) in [5, 5.41) is 9.60. The number of hydrogen-bond acceptors (Lipinski definition) is 9. The lowest BCUT2D eigenvalue weighted by Crippen LogP contribution is -2.22. The van der Waals surface area contributed by atoms with Crippen molar-refractivity contribution in [2.75, 3.05) is 25.1 Å². The monoisotopic (exact) mass is 483 g/mol. The normalized spacial score (nSPS) is 15.4. The number of anilines is 2. The summed E-state index contributed by atoms with van der Waals surface area (Å²) in [5.74, 6) is -2.05. The first-order valence-electron chi connectivity index (χ1n) is 8.11. The van der Waals surface area contributed by atoms with Crippen LogP contribution in [0.15, 0.2) is 21.6 Å². The lowest BCUT2D eigenvalue weighted by Gasteiger charge is -2.12. The molecule has 0 atom stereocenters. The molecule has 0 saturated carbocycles. The largest absolute Gasteiger partial charge is 0.502 e. The van der Waals surface area contributed by atoms with Crippen molar-refractivity contribution in [2.45, 2.75) is 6.42 Å². The molecule has 0 radical (unpaired) electrons. The van der Waals surface area contributed by atoms with E-state index in [-0.39, 0.29) is 45.5 Å². The summed E-state index contributed by atoms with van der Waals surface area (Å²) < 4.78 is 19.8. The Morgan fingerprint density at radius 2 is 2.14 bits per heavy atom. The second-order valence-electron chi connectivity index (χ2n) is 5.92. The average molecular weight is 484 g/mol. The number of carbonyl (C=O) groups is 2. The van der Waals surface area contributed by atoms with E-state index in [4.69, 9.17) is 16.2 Å². The van der Waals surface area contributed by atoms with Crippen LogP contribution in [0.2, 0.25) is 0 Å². The van der Waals surface area contributed by atoms with Crippen molar-refractivity contribution < 1.29 is 23.8 Å². The van der Waals surface area contributed by atoms with Crippen LogP contribution in [0.1, 0.15) is 11.1 Å². The number of nitrogens with two attached hydrogens (primary N) is 2. The zero-order valence-corrected chi connectivity index (χ0v) is 17.4. The number of carbonyl (C=O) groups excluding carboxylic acids is 2. The summed E-state index contributed by atoms with van der Waals surface area (Å²) in [6.07, 6.45) is 3.09. The van der Waals surface area contributed by atoms with E-state index in [1.54, 1.807) is 0 Å². The highest BCUT2D eigenvalue weighted by Gasteiger charge is 2.32. The van der Waals surface area contributed by atoms with Gasteiger partial charge in [0, 0.05) is 25.2 Å². The van der Waals surface area contributed by atoms with E-state index in [9.17, 15) is 19.1 Å². The highest BCUT2D eigenvalue weighted by Crippen LogP contribution is 2.39. The fraction of sp³-hybridized carbons (Fsp3) is 0.176. The van der Waals surface area contributed by atoms with Crippen molar-refractivity contribution in [2.24, 2.45) is 0 Å². The highest BCUT2D eigenvalue weighted by atomic mass is 79.9. The third-order valence-corrected chi connectivity index (χ3v) is 5.76. The minimum absolute atomic E-state index is 0.0387. The smallest absolute Gasteiger partial charge is 0.293 e. The molecule has 9 nitrogen and oxygen atoms in total. The summed E-state index contributed by atoms with van der Waals surface area (Å²) in [6.45, 7) is 0.0387. The minimum Gasteiger partial charge on any atom is -0.502 e. The number of thioether (sulfide) groups is 1. The number of imide groups is 1. The first kappa shape index (κ1) is 20.9. The van der Waals surface area contributed by atoms with E-state index in [2.05, 4.69) is 25.9 Å². The fourth-order valence-electron chi connectivity index (χ4n) is 2.41. The molecule has 2 heterocycles. The van der Waals surface area contributed by atoms with Gasteiger partial charge in [-0.15, -0.1) is 0 Å². The number of hydrogen-bond donors (Lipinski definition) is 3. The number of phenols is 1. The van der Waals surface area contributed by atoms with Crippen LogP contribution in [0.25, 0.3) is 6.08 Å². The summed E-state index contributed by atoms with van der Waals surface area (Å²) in [4.78, 5) is 32.4. The minimum atomic E-state index is -0.959. The average Bonchev–Trinajstić information content (AvgIpc) is 2.91. The number of nitrogens with zero attached hydrogens (tertiary/aromatic N) is 3. The van der Waals surface area contributed by atoms with Gasteiger partial charge in [-0.1, -0.05) is 0 Å². The van der Waals surface area contributed by atoms with E-state index >= 15 is 0 Å². The van der Waals surface area contributed by atoms with Crippen LogP contribution < -0.4 is 16.2 Å². The quantitative estimate of drug-likeness (QED) is 0.545. The Hall–Kier alpha value is -2.86. The van der Waals surface area contributed by atoms with Gasteiger partial charge in [-0.25, -0.2) is 9.37 Å². The number of halogens is 2. The van der Waals surface area contributed by atoms with Gasteiger partial charge in [0.15, 0.2) is 17.3 Å². The van der Waals surface area contributed by atoms with Crippen molar-refractivity contribution in [3.8, 4) is 11.5 Å². The van der Waals surface area contributed by atoms with Gasteiger partial charge in [0.05, 0.1) is 16.0 Å². The van der Waals surface area contributed by atoms with Crippen molar-refractivity contribution in [1.29, 1.82) is 0 Å². The number of ether oxygens (including phenoxy) is 1. The predicted octanol–water partition coefficient (Wildman–Crippen LogP) is 2.54. The number of nitrogen functional groups attached to an aromatic ring is 2. The van der Waals surface area contributed by atoms with E-state index in [0.717, 1.165) is 16.7 Å². The Kier molecular flexibility index (Phi) is 5.94. The number of rotatable bonds is 5. The molecule has 29 heavy (non-hydrogen) atoms. The topological polar surface area (TPSA) is 145 Å². The predicted molar refractivity (Wildman–Crippen MR) is 110 cm³/mol. The molecule has 1 fully saturated rings. The van der Waals surface area contributed by atoms with Gasteiger partial charge in [0.1, 0.15) is 5.82 Å². The first-order chi connectivity index (χ1) is 13.7. The second kappa shape index (κ2) is 8.25. The first-order valence-corrected chi connectivity index (χ1v) is 9.72. The van der Waals surface area contributed by atoms with Gasteiger partial charge in [-0.2, -0.15) is 4.98 Å². The van der Waals surface area contributed by atoms with E-state index in [0.29, 0.717) is 5.56 Å². The number of phenolic OH excluding ortho intramolecular Hbond substituents is 1. The van der Waals surface area contributed by atoms with Crippen LogP contribution in [0.3, 0.4) is 0 Å². The van der Waals surface area contributed by atoms with Gasteiger partial charge < -0.3 is 21.3 Å². The van der Waals surface area contributed by atoms with Crippen molar-refractivity contribution in [3.63, 3.8) is 0 Å². The maximum Gasteiger partial charge on any atom is 0.293 e. The Morgan fingerprint density at radius 3 is 2.76 bits per heavy atom. The zero-order valence-electron chi connectivity index (χ0n) is 15.0. The lowest BCUT2D eigenvalue weighted by atomic mass is 10.1. The molecule has 1 aromatic heterocycles. The molecule has 2 aromatic rings. The number of aromatic hydroxyl groups is 1. The van der Waals surface area contributed by atoms with Crippen LogP contribution in [0, 0.1) is 5.82 Å². The molecule has 0 aliphatic carbocycles. The summed E-state index contributed by atoms with van der Waals surface area (Å²) in [5.41, 5.74) is 12.0. The Bertz CT molecular complexity index is 1050. The number of aromatic nitrogens is 2. The lowest BCUT2D eigenvalue weighted by molar-refractivity contribution is -0.121. The molecule has 0 bridgehead atoms. The molecule has 2 amide bonds. The van der Waals surface area contributed by atoms with Crippen LogP contribution in [0.4, 0.5) is 21.0 Å². The molecular formula is C17H15BrFN5O4S. The molecule has 1 aliphatic heterocycles. The van der Waals surface area contributed by atoms with Crippen molar-refractivity contribution in [1.82, 2.24) is 14.9 Å². The van der Waals surface area contributed by atoms with Gasteiger partial charge in [-0.05, 0) is 45.4 Å². The van der Waals surface area contributed by atoms with E-state index in [1.807, 2.05) is 0 Å². The molecule has 3 rings (SSSR count). The number of benzene rings is 1. The van der Waals surface area contributed by atoms with E-state index < -0.39 is 22.7 Å². The second-order valence-corrected chi connectivity index (χ2v) is 7.70. The number of likely N-dealkylation sites (N-methyl/N-ethyl adjacent to an activating group) is 1. The Labute approximate surface area is 177 Å². The standard InChI is InChI=1S/C17H15BrFN5O4S/c1-24-15(26)10(29-17(24)27)5-8-4-9(13(25)12(19)11(8)18)28-3-2-7-6-22-16(21)23-14(7)20/h4-6,25H,2-3H2,1H3,(H4,20,21,22,23)/b10-5-. The van der Waals surface area contributed by atoms with Crippen LogP contribution >= 0.6 is 27.7 Å². The summed E-state index contributed by atoms with van der Waals surface area (Å²) in [7, 11) is 1.35. The fourth-order valence-corrected chi connectivity index (χ4v) is 3.65. The van der Waals surface area contributed by atoms with Crippen LogP contribution in [-0.4, -0.2) is 44.8 Å². The van der Waals surface area contributed by atoms with Crippen molar-refractivity contribution >= 4 is 56.7 Å². The molecule has 152 valence electrons. The molecule has 5 N–H and O–H groups in total. The highest BCUT2D eigenvalue weighted by molar-refractivity contribution is 9.10. The summed E-state index contributed by atoms with van der Waals surface area (Å²) in [6, 6.07) is 1.36. The van der Waals surface area contributed by atoms with Gasteiger partial charge in [0.25, 0.3) is 11.1 Å².